The van der Waals surface area contributed by atoms with Gasteiger partial charge >= 0.3 is 5.97 Å². The average molecular weight is 296 g/mol. The van der Waals surface area contributed by atoms with E-state index in [9.17, 15) is 14.4 Å². The molecule has 21 heavy (non-hydrogen) atoms. The van der Waals surface area contributed by atoms with Gasteiger partial charge in [-0.15, -0.1) is 0 Å². The number of nitrogens with zero attached hydrogens (tertiary/aromatic N) is 2. The first-order chi connectivity index (χ1) is 9.92. The molecule has 1 heterocycles. The van der Waals surface area contributed by atoms with Crippen molar-refractivity contribution >= 4 is 11.9 Å². The lowest BCUT2D eigenvalue weighted by molar-refractivity contribution is -0.140. The van der Waals surface area contributed by atoms with E-state index in [1.165, 1.54) is 25.3 Å². The van der Waals surface area contributed by atoms with E-state index in [4.69, 9.17) is 9.84 Å². The van der Waals surface area contributed by atoms with Crippen LogP contribution in [0.25, 0.3) is 0 Å². The highest BCUT2D eigenvalue weighted by Gasteiger charge is 2.17. The molecule has 0 aliphatic heterocycles. The van der Waals surface area contributed by atoms with Gasteiger partial charge in [-0.25, -0.2) is 4.79 Å². The molecule has 0 saturated heterocycles. The summed E-state index contributed by atoms with van der Waals surface area (Å²) in [7, 11) is 0. The van der Waals surface area contributed by atoms with E-state index in [0.29, 0.717) is 13.1 Å². The number of hydrogen-bond donors (Lipinski definition) is 1. The van der Waals surface area contributed by atoms with E-state index in [1.54, 1.807) is 4.90 Å². The van der Waals surface area contributed by atoms with Crippen LogP contribution in [0.3, 0.4) is 0 Å². The molecule has 0 fully saturated rings. The number of carbonyl (C=O) groups is 2. The quantitative estimate of drug-likeness (QED) is 0.801. The predicted molar refractivity (Wildman–Crippen MR) is 76.5 cm³/mol. The molecule has 0 spiro atoms. The van der Waals surface area contributed by atoms with E-state index in [2.05, 4.69) is 0 Å². The van der Waals surface area contributed by atoms with Gasteiger partial charge in [-0.05, 0) is 32.9 Å². The van der Waals surface area contributed by atoms with Crippen molar-refractivity contribution in [3.63, 3.8) is 0 Å². The zero-order valence-corrected chi connectivity index (χ0v) is 12.4. The molecule has 0 bridgehead atoms. The number of amides is 1. The molecule has 0 aromatic carbocycles. The van der Waals surface area contributed by atoms with Crippen LogP contribution in [-0.4, -0.2) is 46.1 Å². The fourth-order valence-electron chi connectivity index (χ4n) is 1.83. The van der Waals surface area contributed by atoms with E-state index in [0.717, 1.165) is 4.57 Å². The monoisotopic (exact) mass is 296 g/mol. The molecule has 1 rings (SSSR count). The molecule has 1 aromatic rings. The SMILES string of the molecule is CCN(CC)C(=O)COc1cccn(C(C)C(=O)O)c1=O. The molecular formula is C14H20N2O5. The number of carboxylic acid groups (broad SMARTS) is 1. The van der Waals surface area contributed by atoms with Gasteiger partial charge in [0, 0.05) is 19.3 Å². The lowest BCUT2D eigenvalue weighted by Gasteiger charge is -2.18. The molecule has 7 heteroatoms. The van der Waals surface area contributed by atoms with E-state index in [1.807, 2.05) is 13.8 Å². The number of aromatic nitrogens is 1. The minimum Gasteiger partial charge on any atom is -0.480 e. The number of carboxylic acids is 1. The van der Waals surface area contributed by atoms with Crippen molar-refractivity contribution in [2.75, 3.05) is 19.7 Å². The van der Waals surface area contributed by atoms with Crippen LogP contribution in [0, 0.1) is 0 Å². The predicted octanol–water partition coefficient (Wildman–Crippen LogP) is 0.741. The molecule has 116 valence electrons. The van der Waals surface area contributed by atoms with E-state index < -0.39 is 17.6 Å². The zero-order chi connectivity index (χ0) is 16.0. The Morgan fingerprint density at radius 1 is 1.38 bits per heavy atom. The summed E-state index contributed by atoms with van der Waals surface area (Å²) in [5.74, 6) is -1.37. The minimum atomic E-state index is -1.12. The van der Waals surface area contributed by atoms with Crippen LogP contribution in [0.15, 0.2) is 23.1 Å². The van der Waals surface area contributed by atoms with Gasteiger partial charge in [-0.2, -0.15) is 0 Å². The maximum atomic E-state index is 12.1. The van der Waals surface area contributed by atoms with E-state index in [-0.39, 0.29) is 18.3 Å². The molecule has 0 aliphatic carbocycles. The summed E-state index contributed by atoms with van der Waals surface area (Å²) in [5, 5.41) is 8.94. The highest BCUT2D eigenvalue weighted by atomic mass is 16.5. The maximum absolute atomic E-state index is 12.1. The topological polar surface area (TPSA) is 88.8 Å². The van der Waals surface area contributed by atoms with Crippen molar-refractivity contribution < 1.29 is 19.4 Å². The van der Waals surface area contributed by atoms with Gasteiger partial charge in [0.05, 0.1) is 0 Å². The Hall–Kier alpha value is -2.31. The summed E-state index contributed by atoms with van der Waals surface area (Å²) in [6.45, 7) is 5.98. The van der Waals surface area contributed by atoms with Crippen molar-refractivity contribution in [1.29, 1.82) is 0 Å². The van der Waals surface area contributed by atoms with Gasteiger partial charge in [0.25, 0.3) is 11.5 Å². The molecule has 0 aliphatic rings. The second kappa shape index (κ2) is 7.47. The molecule has 0 saturated carbocycles. The second-order valence-electron chi connectivity index (χ2n) is 4.45. The van der Waals surface area contributed by atoms with Crippen molar-refractivity contribution in [1.82, 2.24) is 9.47 Å². The zero-order valence-electron chi connectivity index (χ0n) is 12.4. The standard InChI is InChI=1S/C14H20N2O5/c1-4-15(5-2)12(17)9-21-11-7-6-8-16(13(11)18)10(3)14(19)20/h6-8,10H,4-5,9H2,1-3H3,(H,19,20). The van der Waals surface area contributed by atoms with Crippen LogP contribution >= 0.6 is 0 Å². The second-order valence-corrected chi connectivity index (χ2v) is 4.45. The van der Waals surface area contributed by atoms with Crippen LogP contribution < -0.4 is 10.3 Å². The Morgan fingerprint density at radius 2 is 2.00 bits per heavy atom. The first kappa shape index (κ1) is 16.7. The third kappa shape index (κ3) is 4.08. The van der Waals surface area contributed by atoms with Crippen molar-refractivity contribution in [2.45, 2.75) is 26.8 Å². The van der Waals surface area contributed by atoms with E-state index >= 15 is 0 Å². The molecular weight excluding hydrogens is 276 g/mol. The highest BCUT2D eigenvalue weighted by molar-refractivity contribution is 5.77. The Bertz CT molecular complexity index is 563. The summed E-state index contributed by atoms with van der Waals surface area (Å²) in [5.41, 5.74) is -0.570. The van der Waals surface area contributed by atoms with Gasteiger partial charge in [0.1, 0.15) is 6.04 Å². The number of ether oxygens (including phenoxy) is 1. The fourth-order valence-corrected chi connectivity index (χ4v) is 1.83. The number of hydrogen-bond acceptors (Lipinski definition) is 4. The largest absolute Gasteiger partial charge is 0.480 e. The Kier molecular flexibility index (Phi) is 5.95. The highest BCUT2D eigenvalue weighted by Crippen LogP contribution is 2.08. The fraction of sp³-hybridized carbons (Fsp3) is 0.500. The Morgan fingerprint density at radius 3 is 2.52 bits per heavy atom. The molecule has 1 aromatic heterocycles. The lowest BCUT2D eigenvalue weighted by atomic mass is 10.3. The minimum absolute atomic E-state index is 0.0360. The van der Waals surface area contributed by atoms with Crippen LogP contribution in [0.5, 0.6) is 5.75 Å². The molecule has 1 atom stereocenters. The third-order valence-electron chi connectivity index (χ3n) is 3.18. The van der Waals surface area contributed by atoms with Crippen LogP contribution in [-0.2, 0) is 9.59 Å². The summed E-state index contributed by atoms with van der Waals surface area (Å²) >= 11 is 0. The number of aliphatic carboxylic acids is 1. The third-order valence-corrected chi connectivity index (χ3v) is 3.18. The first-order valence-electron chi connectivity index (χ1n) is 6.76. The van der Waals surface area contributed by atoms with Gasteiger partial charge in [-0.1, -0.05) is 0 Å². The smallest absolute Gasteiger partial charge is 0.326 e. The number of pyridine rings is 1. The number of carbonyl (C=O) groups excluding carboxylic acids is 1. The van der Waals surface area contributed by atoms with Gasteiger partial charge in [0.15, 0.2) is 12.4 Å². The summed E-state index contributed by atoms with van der Waals surface area (Å²) in [6.07, 6.45) is 1.38. The Balaban J connectivity index is 2.86. The molecule has 7 nitrogen and oxygen atoms in total. The lowest BCUT2D eigenvalue weighted by Crippen LogP contribution is -2.35. The van der Waals surface area contributed by atoms with Gasteiger partial charge in [-0.3, -0.25) is 14.2 Å². The average Bonchev–Trinajstić information content (AvgIpc) is 2.46. The molecule has 1 unspecified atom stereocenters. The molecule has 1 amide bonds. The molecule has 0 radical (unpaired) electrons. The van der Waals surface area contributed by atoms with Crippen LogP contribution in [0.4, 0.5) is 0 Å². The number of rotatable bonds is 7. The van der Waals surface area contributed by atoms with Crippen molar-refractivity contribution in [3.8, 4) is 5.75 Å². The normalized spacial score (nSPS) is 11.8. The van der Waals surface area contributed by atoms with Gasteiger partial charge in [0.2, 0.25) is 0 Å². The first-order valence-corrected chi connectivity index (χ1v) is 6.76. The van der Waals surface area contributed by atoms with Crippen molar-refractivity contribution in [3.05, 3.63) is 28.7 Å². The Labute approximate surface area is 122 Å². The summed E-state index contributed by atoms with van der Waals surface area (Å²) < 4.78 is 6.29. The molecule has 1 N–H and O–H groups in total. The summed E-state index contributed by atoms with van der Waals surface area (Å²) in [4.78, 5) is 36.4. The maximum Gasteiger partial charge on any atom is 0.326 e. The van der Waals surface area contributed by atoms with Crippen LogP contribution in [0.1, 0.15) is 26.8 Å². The van der Waals surface area contributed by atoms with Gasteiger partial charge < -0.3 is 14.7 Å². The van der Waals surface area contributed by atoms with Crippen LogP contribution in [0.2, 0.25) is 0 Å². The van der Waals surface area contributed by atoms with Crippen molar-refractivity contribution in [2.24, 2.45) is 0 Å². The number of likely N-dealkylation sites (N-methyl/N-ethyl adjacent to an activating group) is 1. The summed E-state index contributed by atoms with van der Waals surface area (Å²) in [6, 6.07) is 1.93.